The first-order valence-corrected chi connectivity index (χ1v) is 6.32. The Labute approximate surface area is 99.3 Å². The second kappa shape index (κ2) is 6.74. The molecule has 16 heavy (non-hydrogen) atoms. The van der Waals surface area contributed by atoms with E-state index >= 15 is 0 Å². The van der Waals surface area contributed by atoms with E-state index in [9.17, 15) is 0 Å². The van der Waals surface area contributed by atoms with Crippen LogP contribution in [0.5, 0.6) is 0 Å². The van der Waals surface area contributed by atoms with Gasteiger partial charge in [-0.1, -0.05) is 19.3 Å². The Bertz CT molecular complexity index is 219. The van der Waals surface area contributed by atoms with Crippen LogP contribution in [0.2, 0.25) is 0 Å². The van der Waals surface area contributed by atoms with Crippen LogP contribution in [0, 0.1) is 0 Å². The molecule has 3 N–H and O–H groups in total. The van der Waals surface area contributed by atoms with Crippen molar-refractivity contribution in [2.75, 3.05) is 20.6 Å². The van der Waals surface area contributed by atoms with Crippen molar-refractivity contribution in [1.29, 1.82) is 0 Å². The molecule has 0 bridgehead atoms. The second-order valence-corrected chi connectivity index (χ2v) is 5.02. The van der Waals surface area contributed by atoms with Crippen LogP contribution in [-0.4, -0.2) is 43.6 Å². The molecule has 0 saturated heterocycles. The molecule has 0 spiro atoms. The maximum atomic E-state index is 5.87. The van der Waals surface area contributed by atoms with Gasteiger partial charge >= 0.3 is 0 Å². The molecule has 1 aliphatic rings. The van der Waals surface area contributed by atoms with E-state index in [1.807, 2.05) is 0 Å². The molecule has 0 aromatic carbocycles. The van der Waals surface area contributed by atoms with Gasteiger partial charge in [-0.15, -0.1) is 0 Å². The van der Waals surface area contributed by atoms with Crippen molar-refractivity contribution >= 4 is 5.96 Å². The molecule has 1 fully saturated rings. The first kappa shape index (κ1) is 13.3. The highest BCUT2D eigenvalue weighted by Crippen LogP contribution is 2.16. The SMILES string of the molecule is CC(CN=C(N)NC1CCCCC1)N(C)C. The minimum atomic E-state index is 0.437. The molecule has 0 aliphatic heterocycles. The maximum Gasteiger partial charge on any atom is 0.188 e. The van der Waals surface area contributed by atoms with Gasteiger partial charge in [-0.2, -0.15) is 0 Å². The predicted octanol–water partition coefficient (Wildman–Crippen LogP) is 1.17. The molecule has 1 atom stereocenters. The average molecular weight is 226 g/mol. The Morgan fingerprint density at radius 2 is 2.00 bits per heavy atom. The smallest absolute Gasteiger partial charge is 0.188 e. The fraction of sp³-hybridized carbons (Fsp3) is 0.917. The van der Waals surface area contributed by atoms with E-state index in [2.05, 4.69) is 36.2 Å². The van der Waals surface area contributed by atoms with Crippen molar-refractivity contribution < 1.29 is 0 Å². The molecule has 1 aliphatic carbocycles. The summed E-state index contributed by atoms with van der Waals surface area (Å²) < 4.78 is 0. The van der Waals surface area contributed by atoms with Gasteiger partial charge in [-0.25, -0.2) is 0 Å². The van der Waals surface area contributed by atoms with E-state index in [-0.39, 0.29) is 0 Å². The molecule has 4 heteroatoms. The van der Waals surface area contributed by atoms with Crippen LogP contribution in [0.3, 0.4) is 0 Å². The number of hydrogen-bond donors (Lipinski definition) is 2. The Balaban J connectivity index is 2.27. The highest BCUT2D eigenvalue weighted by Gasteiger charge is 2.13. The number of likely N-dealkylation sites (N-methyl/N-ethyl adjacent to an activating group) is 1. The molecule has 0 radical (unpaired) electrons. The van der Waals surface area contributed by atoms with Crippen molar-refractivity contribution in [3.05, 3.63) is 0 Å². The summed E-state index contributed by atoms with van der Waals surface area (Å²) in [6.07, 6.45) is 6.48. The normalized spacial score (nSPS) is 21.1. The van der Waals surface area contributed by atoms with Crippen molar-refractivity contribution in [3.63, 3.8) is 0 Å². The second-order valence-electron chi connectivity index (χ2n) is 5.02. The molecule has 0 aromatic rings. The zero-order valence-corrected chi connectivity index (χ0v) is 10.9. The first-order chi connectivity index (χ1) is 7.59. The van der Waals surface area contributed by atoms with E-state index in [1.54, 1.807) is 0 Å². The lowest BCUT2D eigenvalue weighted by atomic mass is 9.96. The lowest BCUT2D eigenvalue weighted by Crippen LogP contribution is -2.41. The van der Waals surface area contributed by atoms with Crippen LogP contribution >= 0.6 is 0 Å². The predicted molar refractivity (Wildman–Crippen MR) is 69.6 cm³/mol. The third-order valence-electron chi connectivity index (χ3n) is 3.36. The van der Waals surface area contributed by atoms with Crippen LogP contribution in [-0.2, 0) is 0 Å². The first-order valence-electron chi connectivity index (χ1n) is 6.32. The van der Waals surface area contributed by atoms with Crippen molar-refractivity contribution in [1.82, 2.24) is 10.2 Å². The summed E-state index contributed by atoms with van der Waals surface area (Å²) >= 11 is 0. The van der Waals surface area contributed by atoms with Crippen LogP contribution < -0.4 is 11.1 Å². The molecular weight excluding hydrogens is 200 g/mol. The number of nitrogens with two attached hydrogens (primary N) is 1. The maximum absolute atomic E-state index is 5.87. The third-order valence-corrected chi connectivity index (χ3v) is 3.36. The topological polar surface area (TPSA) is 53.6 Å². The number of rotatable bonds is 4. The van der Waals surface area contributed by atoms with Crippen molar-refractivity contribution in [2.45, 2.75) is 51.1 Å². The largest absolute Gasteiger partial charge is 0.370 e. The van der Waals surface area contributed by atoms with E-state index in [0.29, 0.717) is 18.0 Å². The van der Waals surface area contributed by atoms with Gasteiger partial charge in [0.2, 0.25) is 0 Å². The summed E-state index contributed by atoms with van der Waals surface area (Å²) in [5, 5.41) is 3.32. The Kier molecular flexibility index (Phi) is 5.60. The summed E-state index contributed by atoms with van der Waals surface area (Å²) in [6.45, 7) is 2.91. The van der Waals surface area contributed by atoms with Crippen LogP contribution in [0.15, 0.2) is 4.99 Å². The van der Waals surface area contributed by atoms with Gasteiger partial charge in [0, 0.05) is 12.1 Å². The van der Waals surface area contributed by atoms with E-state index in [0.717, 1.165) is 6.54 Å². The zero-order chi connectivity index (χ0) is 12.0. The monoisotopic (exact) mass is 226 g/mol. The number of hydrogen-bond acceptors (Lipinski definition) is 2. The fourth-order valence-corrected chi connectivity index (χ4v) is 1.90. The molecule has 1 saturated carbocycles. The van der Waals surface area contributed by atoms with Crippen molar-refractivity contribution in [3.8, 4) is 0 Å². The number of guanidine groups is 1. The molecule has 94 valence electrons. The van der Waals surface area contributed by atoms with Gasteiger partial charge in [0.25, 0.3) is 0 Å². The molecule has 1 rings (SSSR count). The summed E-state index contributed by atoms with van der Waals surface area (Å²) in [7, 11) is 4.12. The summed E-state index contributed by atoms with van der Waals surface area (Å²) in [4.78, 5) is 6.53. The number of aliphatic imine (C=N–C) groups is 1. The summed E-state index contributed by atoms with van der Waals surface area (Å²) in [5.74, 6) is 0.612. The van der Waals surface area contributed by atoms with Crippen molar-refractivity contribution in [2.24, 2.45) is 10.7 Å². The van der Waals surface area contributed by atoms with Gasteiger partial charge in [0.05, 0.1) is 6.54 Å². The standard InChI is InChI=1S/C12H26N4/c1-10(16(2)3)9-14-12(13)15-11-7-5-4-6-8-11/h10-11H,4-9H2,1-3H3,(H3,13,14,15). The summed E-state index contributed by atoms with van der Waals surface area (Å²) in [6, 6.07) is 0.985. The number of nitrogens with one attached hydrogen (secondary N) is 1. The minimum absolute atomic E-state index is 0.437. The lowest BCUT2D eigenvalue weighted by molar-refractivity contribution is 0.320. The lowest BCUT2D eigenvalue weighted by Gasteiger charge is -2.23. The average Bonchev–Trinajstić information content (AvgIpc) is 2.27. The van der Waals surface area contributed by atoms with Gasteiger partial charge < -0.3 is 16.0 Å². The Hall–Kier alpha value is -0.770. The number of nitrogens with zero attached hydrogens (tertiary/aromatic N) is 2. The molecule has 4 nitrogen and oxygen atoms in total. The van der Waals surface area contributed by atoms with Crippen LogP contribution in [0.4, 0.5) is 0 Å². The van der Waals surface area contributed by atoms with Gasteiger partial charge in [0.1, 0.15) is 0 Å². The van der Waals surface area contributed by atoms with Gasteiger partial charge in [0.15, 0.2) is 5.96 Å². The van der Waals surface area contributed by atoms with Crippen LogP contribution in [0.25, 0.3) is 0 Å². The molecule has 0 amide bonds. The quantitative estimate of drug-likeness (QED) is 0.559. The fourth-order valence-electron chi connectivity index (χ4n) is 1.90. The van der Waals surface area contributed by atoms with Crippen LogP contribution in [0.1, 0.15) is 39.0 Å². The highest BCUT2D eigenvalue weighted by molar-refractivity contribution is 5.78. The van der Waals surface area contributed by atoms with E-state index in [1.165, 1.54) is 32.1 Å². The minimum Gasteiger partial charge on any atom is -0.370 e. The van der Waals surface area contributed by atoms with Gasteiger partial charge in [-0.05, 0) is 33.9 Å². The Morgan fingerprint density at radius 1 is 1.38 bits per heavy atom. The third kappa shape index (κ3) is 4.84. The highest BCUT2D eigenvalue weighted by atomic mass is 15.1. The molecule has 0 aromatic heterocycles. The molecule has 0 heterocycles. The molecular formula is C12H26N4. The Morgan fingerprint density at radius 3 is 2.56 bits per heavy atom. The molecule has 1 unspecified atom stereocenters. The van der Waals surface area contributed by atoms with Gasteiger partial charge in [-0.3, -0.25) is 4.99 Å². The summed E-state index contributed by atoms with van der Waals surface area (Å²) in [5.41, 5.74) is 5.87. The van der Waals surface area contributed by atoms with E-state index < -0.39 is 0 Å². The zero-order valence-electron chi connectivity index (χ0n) is 10.9. The van der Waals surface area contributed by atoms with E-state index in [4.69, 9.17) is 5.73 Å².